The number of amides is 3. The van der Waals surface area contributed by atoms with Crippen molar-refractivity contribution >= 4 is 46.2 Å². The third-order valence-electron chi connectivity index (χ3n) is 3.66. The van der Waals surface area contributed by atoms with Crippen molar-refractivity contribution in [2.75, 3.05) is 26.0 Å². The molecule has 2 rings (SSSR count). The smallest absolute Gasteiger partial charge is 0.321 e. The minimum absolute atomic E-state index is 0.0689. The van der Waals surface area contributed by atoms with Gasteiger partial charge < -0.3 is 10.1 Å². The van der Waals surface area contributed by atoms with Crippen molar-refractivity contribution in [3.63, 3.8) is 0 Å². The molecule has 152 valence electrons. The Morgan fingerprint density at radius 3 is 2.79 bits per heavy atom. The molecule has 0 atom stereocenters. The summed E-state index contributed by atoms with van der Waals surface area (Å²) in [7, 11) is 1.54. The average Bonchev–Trinajstić information content (AvgIpc) is 2.64. The molecule has 28 heavy (non-hydrogen) atoms. The lowest BCUT2D eigenvalue weighted by Gasteiger charge is -2.13. The van der Waals surface area contributed by atoms with E-state index in [9.17, 15) is 14.4 Å². The topological polar surface area (TPSA) is 102 Å². The first-order valence-electron chi connectivity index (χ1n) is 8.71. The molecular formula is C18H23ClN4O4S. The zero-order chi connectivity index (χ0) is 20.7. The van der Waals surface area contributed by atoms with Gasteiger partial charge in [0.2, 0.25) is 5.91 Å². The van der Waals surface area contributed by atoms with Gasteiger partial charge in [-0.25, -0.2) is 9.78 Å². The SMILES string of the molecule is COCCn1c(SCC(=O)NC(=O)NCC(C)C)nc2cc(Cl)ccc2c1=O. The van der Waals surface area contributed by atoms with Crippen molar-refractivity contribution in [1.29, 1.82) is 0 Å². The van der Waals surface area contributed by atoms with Gasteiger partial charge in [0.25, 0.3) is 5.56 Å². The van der Waals surface area contributed by atoms with Gasteiger partial charge in [-0.3, -0.25) is 19.5 Å². The van der Waals surface area contributed by atoms with Gasteiger partial charge in [-0.1, -0.05) is 37.2 Å². The fourth-order valence-electron chi connectivity index (χ4n) is 2.30. The van der Waals surface area contributed by atoms with E-state index in [4.69, 9.17) is 16.3 Å². The van der Waals surface area contributed by atoms with Gasteiger partial charge in [0.1, 0.15) is 0 Å². The van der Waals surface area contributed by atoms with Crippen LogP contribution in [0.15, 0.2) is 28.2 Å². The zero-order valence-corrected chi connectivity index (χ0v) is 17.5. The number of methoxy groups -OCH3 is 1. The number of fused-ring (bicyclic) bond motifs is 1. The van der Waals surface area contributed by atoms with Crippen LogP contribution in [0, 0.1) is 5.92 Å². The van der Waals surface area contributed by atoms with Gasteiger partial charge in [-0.2, -0.15) is 0 Å². The maximum absolute atomic E-state index is 12.8. The molecule has 2 N–H and O–H groups in total. The predicted octanol–water partition coefficient (Wildman–Crippen LogP) is 2.27. The van der Waals surface area contributed by atoms with Crippen LogP contribution in [0.2, 0.25) is 5.02 Å². The molecule has 0 radical (unpaired) electrons. The number of imide groups is 1. The first kappa shape index (κ1) is 22.2. The summed E-state index contributed by atoms with van der Waals surface area (Å²) in [5.74, 6) is -0.273. The lowest BCUT2D eigenvalue weighted by molar-refractivity contribution is -0.117. The van der Waals surface area contributed by atoms with E-state index in [0.29, 0.717) is 40.8 Å². The Bertz CT molecular complexity index is 916. The van der Waals surface area contributed by atoms with Gasteiger partial charge in [-0.05, 0) is 24.1 Å². The van der Waals surface area contributed by atoms with Crippen LogP contribution in [0.5, 0.6) is 0 Å². The number of nitrogens with zero attached hydrogens (tertiary/aromatic N) is 2. The molecule has 10 heteroatoms. The summed E-state index contributed by atoms with van der Waals surface area (Å²) in [6, 6.07) is 4.30. The summed E-state index contributed by atoms with van der Waals surface area (Å²) in [6.45, 7) is 4.98. The number of hydrogen-bond donors (Lipinski definition) is 2. The monoisotopic (exact) mass is 426 g/mol. The van der Waals surface area contributed by atoms with E-state index in [0.717, 1.165) is 11.8 Å². The van der Waals surface area contributed by atoms with Crippen LogP contribution in [-0.2, 0) is 16.1 Å². The van der Waals surface area contributed by atoms with Crippen LogP contribution in [0.4, 0.5) is 4.79 Å². The lowest BCUT2D eigenvalue weighted by Crippen LogP contribution is -2.41. The maximum Gasteiger partial charge on any atom is 0.321 e. The largest absolute Gasteiger partial charge is 0.383 e. The van der Waals surface area contributed by atoms with Crippen LogP contribution in [0.1, 0.15) is 13.8 Å². The summed E-state index contributed by atoms with van der Waals surface area (Å²) in [6.07, 6.45) is 0. The molecule has 0 saturated heterocycles. The Labute approximate surface area is 172 Å². The predicted molar refractivity (Wildman–Crippen MR) is 110 cm³/mol. The van der Waals surface area contributed by atoms with Crippen LogP contribution < -0.4 is 16.2 Å². The van der Waals surface area contributed by atoms with Gasteiger partial charge in [0, 0.05) is 18.7 Å². The third kappa shape index (κ3) is 6.22. The van der Waals surface area contributed by atoms with Gasteiger partial charge in [0.05, 0.1) is 29.8 Å². The molecule has 0 spiro atoms. The van der Waals surface area contributed by atoms with Gasteiger partial charge >= 0.3 is 6.03 Å². The summed E-state index contributed by atoms with van der Waals surface area (Å²) < 4.78 is 6.52. The van der Waals surface area contributed by atoms with Crippen molar-refractivity contribution in [2.24, 2.45) is 5.92 Å². The molecular weight excluding hydrogens is 404 g/mol. The number of aromatic nitrogens is 2. The van der Waals surface area contributed by atoms with E-state index in [2.05, 4.69) is 15.6 Å². The van der Waals surface area contributed by atoms with E-state index >= 15 is 0 Å². The van der Waals surface area contributed by atoms with Crippen LogP contribution in [0.25, 0.3) is 10.9 Å². The zero-order valence-electron chi connectivity index (χ0n) is 16.0. The van der Waals surface area contributed by atoms with Crippen LogP contribution in [-0.4, -0.2) is 47.5 Å². The van der Waals surface area contributed by atoms with Crippen molar-refractivity contribution in [2.45, 2.75) is 25.5 Å². The third-order valence-corrected chi connectivity index (χ3v) is 4.87. The van der Waals surface area contributed by atoms with E-state index < -0.39 is 11.9 Å². The van der Waals surface area contributed by atoms with Crippen LogP contribution in [0.3, 0.4) is 0 Å². The van der Waals surface area contributed by atoms with Crippen molar-refractivity contribution in [3.05, 3.63) is 33.6 Å². The second-order valence-corrected chi connectivity index (χ2v) is 7.83. The molecule has 3 amide bonds. The number of rotatable bonds is 8. The normalized spacial score (nSPS) is 11.0. The van der Waals surface area contributed by atoms with Gasteiger partial charge in [-0.15, -0.1) is 0 Å². The Balaban J connectivity index is 2.16. The van der Waals surface area contributed by atoms with Gasteiger partial charge in [0.15, 0.2) is 5.16 Å². The fourth-order valence-corrected chi connectivity index (χ4v) is 3.29. The van der Waals surface area contributed by atoms with Crippen molar-refractivity contribution in [3.8, 4) is 0 Å². The Morgan fingerprint density at radius 2 is 2.11 bits per heavy atom. The van der Waals surface area contributed by atoms with Crippen molar-refractivity contribution in [1.82, 2.24) is 20.2 Å². The molecule has 2 aromatic rings. The highest BCUT2D eigenvalue weighted by atomic mass is 35.5. The Kier molecular flexibility index (Phi) is 8.28. The minimum Gasteiger partial charge on any atom is -0.383 e. The molecule has 0 saturated carbocycles. The Hall–Kier alpha value is -2.10. The molecule has 1 aromatic carbocycles. The molecule has 0 aliphatic heterocycles. The van der Waals surface area contributed by atoms with E-state index in [1.54, 1.807) is 18.2 Å². The molecule has 0 aliphatic rings. The highest BCUT2D eigenvalue weighted by molar-refractivity contribution is 7.99. The highest BCUT2D eigenvalue weighted by Gasteiger charge is 2.15. The second-order valence-electron chi connectivity index (χ2n) is 6.45. The number of carbonyl (C=O) groups excluding carboxylic acids is 2. The second kappa shape index (κ2) is 10.4. The molecule has 1 aromatic heterocycles. The molecule has 0 bridgehead atoms. The number of urea groups is 1. The first-order valence-corrected chi connectivity index (χ1v) is 10.1. The molecule has 1 heterocycles. The van der Waals surface area contributed by atoms with E-state index in [-0.39, 0.29) is 17.2 Å². The summed E-state index contributed by atoms with van der Waals surface area (Å²) >= 11 is 7.07. The summed E-state index contributed by atoms with van der Waals surface area (Å²) in [5, 5.41) is 6.12. The Morgan fingerprint density at radius 1 is 1.36 bits per heavy atom. The standard InChI is InChI=1S/C18H23ClN4O4S/c1-11(2)9-20-17(26)22-15(24)10-28-18-21-14-8-12(19)4-5-13(14)16(25)23(18)6-7-27-3/h4-5,8,11H,6-7,9-10H2,1-3H3,(H2,20,22,24,26). The number of benzene rings is 1. The number of ether oxygens (including phenoxy) is 1. The number of thioether (sulfide) groups is 1. The molecule has 8 nitrogen and oxygen atoms in total. The number of hydrogen-bond acceptors (Lipinski definition) is 6. The number of carbonyl (C=O) groups is 2. The van der Waals surface area contributed by atoms with Crippen molar-refractivity contribution < 1.29 is 14.3 Å². The first-order chi connectivity index (χ1) is 13.3. The van der Waals surface area contributed by atoms with Crippen LogP contribution >= 0.6 is 23.4 Å². The highest BCUT2D eigenvalue weighted by Crippen LogP contribution is 2.20. The lowest BCUT2D eigenvalue weighted by atomic mass is 10.2. The molecule has 0 aliphatic carbocycles. The van der Waals surface area contributed by atoms with E-state index in [1.807, 2.05) is 13.8 Å². The summed E-state index contributed by atoms with van der Waals surface area (Å²) in [4.78, 5) is 41.0. The number of nitrogens with one attached hydrogen (secondary N) is 2. The summed E-state index contributed by atoms with van der Waals surface area (Å²) in [5.41, 5.74) is 0.208. The maximum atomic E-state index is 12.8. The minimum atomic E-state index is -0.547. The van der Waals surface area contributed by atoms with E-state index in [1.165, 1.54) is 11.7 Å². The average molecular weight is 427 g/mol. The fraction of sp³-hybridized carbons (Fsp3) is 0.444. The number of halogens is 1. The quantitative estimate of drug-likeness (QED) is 0.496. The molecule has 0 fully saturated rings. The molecule has 0 unspecified atom stereocenters.